The lowest BCUT2D eigenvalue weighted by Crippen LogP contribution is -2.31. The monoisotopic (exact) mass is 240 g/mol. The smallest absolute Gasteiger partial charge is 0.113 e. The highest BCUT2D eigenvalue weighted by Gasteiger charge is 2.30. The van der Waals surface area contributed by atoms with Gasteiger partial charge in [0.1, 0.15) is 7.85 Å². The molecule has 0 amide bonds. The molecule has 1 aliphatic rings. The molecule has 1 aromatic heterocycles. The number of aliphatic hydroxyl groups is 1. The van der Waals surface area contributed by atoms with Gasteiger partial charge in [-0.25, -0.2) is 0 Å². The van der Waals surface area contributed by atoms with Gasteiger partial charge in [0.05, 0.1) is 6.10 Å². The molecule has 1 saturated heterocycles. The SMILES string of the molecule is [B]c1ccc2[nH]cc(C(O)[C@H]3CCCN3C)c2c1. The van der Waals surface area contributed by atoms with Gasteiger partial charge >= 0.3 is 0 Å². The van der Waals surface area contributed by atoms with E-state index in [0.29, 0.717) is 0 Å². The van der Waals surface area contributed by atoms with Crippen LogP contribution in [0.5, 0.6) is 0 Å². The molecule has 0 aliphatic carbocycles. The summed E-state index contributed by atoms with van der Waals surface area (Å²) in [7, 11) is 7.90. The fourth-order valence-electron chi connectivity index (χ4n) is 2.95. The molecule has 4 heteroatoms. The number of aliphatic hydroxyl groups excluding tert-OH is 1. The lowest BCUT2D eigenvalue weighted by atomic mass is 9.92. The van der Waals surface area contributed by atoms with Crippen LogP contribution in [0.25, 0.3) is 10.9 Å². The summed E-state index contributed by atoms with van der Waals surface area (Å²) in [4.78, 5) is 5.43. The van der Waals surface area contributed by atoms with Gasteiger partial charge in [-0.05, 0) is 32.5 Å². The molecule has 3 nitrogen and oxygen atoms in total. The summed E-state index contributed by atoms with van der Waals surface area (Å²) in [5, 5.41) is 11.6. The normalized spacial score (nSPS) is 22.7. The van der Waals surface area contributed by atoms with Gasteiger partial charge in [0.2, 0.25) is 0 Å². The number of nitrogens with one attached hydrogen (secondary N) is 1. The Morgan fingerprint density at radius 2 is 2.33 bits per heavy atom. The second kappa shape index (κ2) is 4.45. The lowest BCUT2D eigenvalue weighted by Gasteiger charge is -2.24. The number of benzene rings is 1. The van der Waals surface area contributed by atoms with Crippen LogP contribution in [0.3, 0.4) is 0 Å². The van der Waals surface area contributed by atoms with Crippen molar-refractivity contribution in [3.8, 4) is 0 Å². The first-order valence-corrected chi connectivity index (χ1v) is 6.41. The van der Waals surface area contributed by atoms with Crippen LogP contribution in [0.1, 0.15) is 24.5 Å². The number of likely N-dealkylation sites (N-methyl/N-ethyl adjacent to an activating group) is 1. The van der Waals surface area contributed by atoms with Crippen LogP contribution in [-0.4, -0.2) is 42.5 Å². The number of H-pyrrole nitrogens is 1. The first kappa shape index (κ1) is 11.8. The third-order valence-electron chi connectivity index (χ3n) is 4.00. The largest absolute Gasteiger partial charge is 0.387 e. The van der Waals surface area contributed by atoms with Gasteiger partial charge in [-0.2, -0.15) is 0 Å². The molecule has 0 saturated carbocycles. The molecule has 2 radical (unpaired) electrons. The van der Waals surface area contributed by atoms with Crippen LogP contribution in [0.4, 0.5) is 0 Å². The number of nitrogens with zero attached hydrogens (tertiary/aromatic N) is 1. The fraction of sp³-hybridized carbons (Fsp3) is 0.429. The van der Waals surface area contributed by atoms with E-state index in [2.05, 4.69) is 16.9 Å². The van der Waals surface area contributed by atoms with E-state index in [1.165, 1.54) is 0 Å². The Kier molecular flexibility index (Phi) is 2.92. The highest BCUT2D eigenvalue weighted by atomic mass is 16.3. The zero-order chi connectivity index (χ0) is 12.7. The van der Waals surface area contributed by atoms with E-state index in [-0.39, 0.29) is 6.04 Å². The van der Waals surface area contributed by atoms with Crippen molar-refractivity contribution >= 4 is 24.2 Å². The lowest BCUT2D eigenvalue weighted by molar-refractivity contribution is 0.0868. The standard InChI is InChI=1S/C14H17BN2O/c1-17-6-2-3-13(17)14(18)11-8-16-12-5-4-9(15)7-10(11)12/h4-5,7-8,13-14,16,18H,2-3,6H2,1H3/t13-,14?/m1/s1. The molecule has 1 fully saturated rings. The highest BCUT2D eigenvalue weighted by molar-refractivity contribution is 6.33. The Morgan fingerprint density at radius 3 is 3.06 bits per heavy atom. The van der Waals surface area contributed by atoms with Gasteiger partial charge in [-0.15, -0.1) is 0 Å². The minimum absolute atomic E-state index is 0.213. The molecule has 1 unspecified atom stereocenters. The van der Waals surface area contributed by atoms with E-state index in [1.807, 2.05) is 24.4 Å². The Balaban J connectivity index is 2.00. The number of aromatic nitrogens is 1. The van der Waals surface area contributed by atoms with Crippen LogP contribution in [0, 0.1) is 0 Å². The molecule has 2 aromatic rings. The van der Waals surface area contributed by atoms with Gasteiger partial charge in [0.25, 0.3) is 0 Å². The van der Waals surface area contributed by atoms with Crippen molar-refractivity contribution in [2.24, 2.45) is 0 Å². The van der Waals surface area contributed by atoms with Crippen LogP contribution >= 0.6 is 0 Å². The van der Waals surface area contributed by atoms with E-state index in [9.17, 15) is 5.11 Å². The van der Waals surface area contributed by atoms with E-state index in [4.69, 9.17) is 7.85 Å². The van der Waals surface area contributed by atoms with Crippen LogP contribution < -0.4 is 5.46 Å². The summed E-state index contributed by atoms with van der Waals surface area (Å²) >= 11 is 0. The molecule has 92 valence electrons. The third kappa shape index (κ3) is 1.86. The van der Waals surface area contributed by atoms with E-state index in [0.717, 1.165) is 41.3 Å². The number of hydrogen-bond donors (Lipinski definition) is 2. The van der Waals surface area contributed by atoms with Gasteiger partial charge in [-0.3, -0.25) is 0 Å². The quantitative estimate of drug-likeness (QED) is 0.771. The van der Waals surface area contributed by atoms with E-state index < -0.39 is 6.10 Å². The molecule has 1 aliphatic heterocycles. The Hall–Kier alpha value is -1.26. The number of aromatic amines is 1. The molecule has 2 atom stereocenters. The fourth-order valence-corrected chi connectivity index (χ4v) is 2.95. The molecule has 0 spiro atoms. The Bertz CT molecular complexity index is 566. The summed E-state index contributed by atoms with van der Waals surface area (Å²) in [6.45, 7) is 1.06. The minimum atomic E-state index is -0.451. The summed E-state index contributed by atoms with van der Waals surface area (Å²) < 4.78 is 0. The molecular weight excluding hydrogens is 223 g/mol. The first-order chi connectivity index (χ1) is 8.66. The van der Waals surface area contributed by atoms with Crippen LogP contribution in [0.15, 0.2) is 24.4 Å². The number of likely N-dealkylation sites (tertiary alicyclic amines) is 1. The maximum Gasteiger partial charge on any atom is 0.113 e. The summed E-state index contributed by atoms with van der Waals surface area (Å²) in [5.74, 6) is 0. The number of fused-ring (bicyclic) bond motifs is 1. The van der Waals surface area contributed by atoms with Crippen molar-refractivity contribution in [3.05, 3.63) is 30.0 Å². The second-order valence-corrected chi connectivity index (χ2v) is 5.18. The minimum Gasteiger partial charge on any atom is -0.387 e. The zero-order valence-electron chi connectivity index (χ0n) is 10.6. The van der Waals surface area contributed by atoms with Crippen molar-refractivity contribution in [1.29, 1.82) is 0 Å². The molecule has 0 bridgehead atoms. The Morgan fingerprint density at radius 1 is 1.50 bits per heavy atom. The van der Waals surface area contributed by atoms with Crippen molar-refractivity contribution in [3.63, 3.8) is 0 Å². The van der Waals surface area contributed by atoms with Crippen molar-refractivity contribution < 1.29 is 5.11 Å². The summed E-state index contributed by atoms with van der Waals surface area (Å²) in [5.41, 5.74) is 2.71. The van der Waals surface area contributed by atoms with Gasteiger partial charge in [0, 0.05) is 28.7 Å². The topological polar surface area (TPSA) is 39.3 Å². The highest BCUT2D eigenvalue weighted by Crippen LogP contribution is 2.31. The average Bonchev–Trinajstić information content (AvgIpc) is 2.94. The zero-order valence-corrected chi connectivity index (χ0v) is 10.6. The van der Waals surface area contributed by atoms with E-state index >= 15 is 0 Å². The predicted octanol–water partition coefficient (Wildman–Crippen LogP) is 1.09. The third-order valence-corrected chi connectivity index (χ3v) is 4.00. The molecule has 3 rings (SSSR count). The van der Waals surface area contributed by atoms with Crippen molar-refractivity contribution in [2.75, 3.05) is 13.6 Å². The molecule has 18 heavy (non-hydrogen) atoms. The first-order valence-electron chi connectivity index (χ1n) is 6.41. The van der Waals surface area contributed by atoms with Crippen molar-refractivity contribution in [1.82, 2.24) is 9.88 Å². The number of rotatable bonds is 2. The molecular formula is C14H17BN2O. The number of hydrogen-bond acceptors (Lipinski definition) is 2. The van der Waals surface area contributed by atoms with Gasteiger partial charge < -0.3 is 15.0 Å². The Labute approximate surface area is 108 Å². The van der Waals surface area contributed by atoms with Crippen LogP contribution in [-0.2, 0) is 0 Å². The molecule has 1 aromatic carbocycles. The molecule has 2 heterocycles. The summed E-state index contributed by atoms with van der Waals surface area (Å²) in [6.07, 6.45) is 3.66. The van der Waals surface area contributed by atoms with Gasteiger partial charge in [0.15, 0.2) is 0 Å². The summed E-state index contributed by atoms with van der Waals surface area (Å²) in [6, 6.07) is 5.97. The van der Waals surface area contributed by atoms with Crippen LogP contribution in [0.2, 0.25) is 0 Å². The van der Waals surface area contributed by atoms with Gasteiger partial charge in [-0.1, -0.05) is 17.6 Å². The predicted molar refractivity (Wildman–Crippen MR) is 74.3 cm³/mol. The maximum atomic E-state index is 10.6. The van der Waals surface area contributed by atoms with Crippen molar-refractivity contribution in [2.45, 2.75) is 25.0 Å². The average molecular weight is 240 g/mol. The molecule has 2 N–H and O–H groups in total. The second-order valence-electron chi connectivity index (χ2n) is 5.18. The maximum absolute atomic E-state index is 10.6. The van der Waals surface area contributed by atoms with E-state index in [1.54, 1.807) is 0 Å².